The molecule has 1 atom stereocenters. The molecule has 7 heteroatoms. The predicted molar refractivity (Wildman–Crippen MR) is 68.7 cm³/mol. The number of rotatable bonds is 7. The maximum atomic E-state index is 11.3. The van der Waals surface area contributed by atoms with E-state index in [-0.39, 0.29) is 22.4 Å². The maximum absolute atomic E-state index is 11.3. The van der Waals surface area contributed by atoms with E-state index in [1.807, 2.05) is 13.8 Å². The molecule has 0 aliphatic heterocycles. The molecule has 0 aliphatic rings. The van der Waals surface area contributed by atoms with E-state index in [4.69, 9.17) is 9.84 Å². The minimum absolute atomic E-state index is 0.00227. The molecule has 0 saturated carbocycles. The average molecular weight is 272 g/mol. The molecule has 1 aromatic heterocycles. The van der Waals surface area contributed by atoms with Gasteiger partial charge in [0.15, 0.2) is 16.6 Å². The Labute approximate surface area is 109 Å². The summed E-state index contributed by atoms with van der Waals surface area (Å²) in [5.41, 5.74) is -0.196. The number of carbonyl (C=O) groups excluding carboxylic acids is 1. The number of aromatic nitrogens is 1. The number of ether oxygens (including phenoxy) is 1. The molecule has 1 rings (SSSR count). The van der Waals surface area contributed by atoms with Gasteiger partial charge < -0.3 is 15.2 Å². The van der Waals surface area contributed by atoms with Crippen LogP contribution in [0.2, 0.25) is 0 Å². The van der Waals surface area contributed by atoms with Crippen molar-refractivity contribution in [3.05, 3.63) is 10.6 Å². The first kappa shape index (κ1) is 14.6. The lowest BCUT2D eigenvalue weighted by molar-refractivity contribution is 0.0687. The summed E-state index contributed by atoms with van der Waals surface area (Å²) in [5, 5.41) is 12.4. The van der Waals surface area contributed by atoms with Crippen LogP contribution in [0.4, 0.5) is 5.13 Å². The molecule has 0 aliphatic carbocycles. The van der Waals surface area contributed by atoms with Crippen LogP contribution in [-0.4, -0.2) is 41.1 Å². The number of carboxylic acid groups (broad SMARTS) is 1. The van der Waals surface area contributed by atoms with Gasteiger partial charge in [-0.15, -0.1) is 0 Å². The summed E-state index contributed by atoms with van der Waals surface area (Å²) >= 11 is 1.05. The fourth-order valence-corrected chi connectivity index (χ4v) is 2.28. The second-order valence-electron chi connectivity index (χ2n) is 3.76. The maximum Gasteiger partial charge on any atom is 0.356 e. The Morgan fingerprint density at radius 1 is 1.56 bits per heavy atom. The van der Waals surface area contributed by atoms with Crippen LogP contribution in [-0.2, 0) is 4.74 Å². The summed E-state index contributed by atoms with van der Waals surface area (Å²) in [6.07, 6.45) is 0. The SMILES string of the molecule is CCOCC(C)Nc1nc(C(=O)O)c(C(C)=O)s1. The quantitative estimate of drug-likeness (QED) is 0.737. The molecular formula is C11H16N2O4S. The molecule has 6 nitrogen and oxygen atoms in total. The second-order valence-corrected chi connectivity index (χ2v) is 4.76. The molecule has 0 bridgehead atoms. The van der Waals surface area contributed by atoms with Crippen molar-refractivity contribution in [2.24, 2.45) is 0 Å². The fourth-order valence-electron chi connectivity index (χ4n) is 1.31. The number of hydrogen-bond donors (Lipinski definition) is 2. The van der Waals surface area contributed by atoms with Gasteiger partial charge in [0, 0.05) is 19.6 Å². The van der Waals surface area contributed by atoms with Gasteiger partial charge in [-0.05, 0) is 13.8 Å². The number of carboxylic acids is 1. The molecule has 18 heavy (non-hydrogen) atoms. The van der Waals surface area contributed by atoms with Gasteiger partial charge in [-0.2, -0.15) is 0 Å². The molecule has 0 aromatic carbocycles. The molecule has 0 amide bonds. The van der Waals surface area contributed by atoms with E-state index in [0.29, 0.717) is 18.3 Å². The van der Waals surface area contributed by atoms with Crippen LogP contribution < -0.4 is 5.32 Å². The highest BCUT2D eigenvalue weighted by Crippen LogP contribution is 2.24. The van der Waals surface area contributed by atoms with Crippen LogP contribution in [0, 0.1) is 0 Å². The lowest BCUT2D eigenvalue weighted by Crippen LogP contribution is -2.21. The second kappa shape index (κ2) is 6.46. The summed E-state index contributed by atoms with van der Waals surface area (Å²) in [6.45, 7) is 6.22. The van der Waals surface area contributed by atoms with Crippen LogP contribution in [0.25, 0.3) is 0 Å². The number of thiazole rings is 1. The van der Waals surface area contributed by atoms with Crippen molar-refractivity contribution in [3.63, 3.8) is 0 Å². The average Bonchev–Trinajstić information content (AvgIpc) is 2.70. The van der Waals surface area contributed by atoms with E-state index in [9.17, 15) is 9.59 Å². The van der Waals surface area contributed by atoms with Crippen molar-refractivity contribution in [2.75, 3.05) is 18.5 Å². The molecule has 0 fully saturated rings. The topological polar surface area (TPSA) is 88.5 Å². The first-order valence-corrected chi connectivity index (χ1v) is 6.36. The van der Waals surface area contributed by atoms with E-state index in [1.54, 1.807) is 0 Å². The largest absolute Gasteiger partial charge is 0.476 e. The van der Waals surface area contributed by atoms with Crippen LogP contribution in [0.15, 0.2) is 0 Å². The lowest BCUT2D eigenvalue weighted by Gasteiger charge is -2.11. The van der Waals surface area contributed by atoms with E-state index in [1.165, 1.54) is 6.92 Å². The third-order valence-corrected chi connectivity index (χ3v) is 3.18. The number of nitrogens with one attached hydrogen (secondary N) is 1. The Balaban J connectivity index is 2.81. The van der Waals surface area contributed by atoms with E-state index < -0.39 is 5.97 Å². The smallest absolute Gasteiger partial charge is 0.356 e. The van der Waals surface area contributed by atoms with Gasteiger partial charge in [0.2, 0.25) is 0 Å². The standard InChI is InChI=1S/C11H16N2O4S/c1-4-17-5-6(2)12-11-13-8(10(15)16)9(18-11)7(3)14/h6H,4-5H2,1-3H3,(H,12,13)(H,15,16). The number of Topliss-reactive ketones (excluding diaryl/α,β-unsaturated/α-hetero) is 1. The number of carbonyl (C=O) groups is 2. The normalized spacial score (nSPS) is 12.2. The summed E-state index contributed by atoms with van der Waals surface area (Å²) < 4.78 is 5.23. The number of aromatic carboxylic acids is 1. The molecule has 0 saturated heterocycles. The van der Waals surface area contributed by atoms with E-state index in [2.05, 4.69) is 10.3 Å². The zero-order valence-electron chi connectivity index (χ0n) is 10.5. The third kappa shape index (κ3) is 3.78. The molecule has 100 valence electrons. The molecular weight excluding hydrogens is 256 g/mol. The Hall–Kier alpha value is -1.47. The summed E-state index contributed by atoms with van der Waals surface area (Å²) in [6, 6.07) is -0.00227. The van der Waals surface area contributed by atoms with E-state index >= 15 is 0 Å². The molecule has 1 unspecified atom stereocenters. The molecule has 0 radical (unpaired) electrons. The summed E-state index contributed by atoms with van der Waals surface area (Å²) in [4.78, 5) is 26.3. The van der Waals surface area contributed by atoms with Crippen molar-refractivity contribution in [3.8, 4) is 0 Å². The van der Waals surface area contributed by atoms with Gasteiger partial charge in [-0.25, -0.2) is 9.78 Å². The number of ketones is 1. The Morgan fingerprint density at radius 2 is 2.22 bits per heavy atom. The Bertz CT molecular complexity index is 413. The van der Waals surface area contributed by atoms with Crippen molar-refractivity contribution in [2.45, 2.75) is 26.8 Å². The number of nitrogens with zero attached hydrogens (tertiary/aromatic N) is 1. The zero-order valence-corrected chi connectivity index (χ0v) is 11.3. The first-order valence-electron chi connectivity index (χ1n) is 5.55. The Morgan fingerprint density at radius 3 is 2.67 bits per heavy atom. The van der Waals surface area contributed by atoms with Gasteiger partial charge in [0.25, 0.3) is 0 Å². The van der Waals surface area contributed by atoms with Crippen LogP contribution in [0.3, 0.4) is 0 Å². The van der Waals surface area contributed by atoms with Crippen LogP contribution in [0.5, 0.6) is 0 Å². The third-order valence-electron chi connectivity index (χ3n) is 2.09. The first-order chi connectivity index (χ1) is 8.45. The highest BCUT2D eigenvalue weighted by Gasteiger charge is 2.21. The molecule has 0 spiro atoms. The van der Waals surface area contributed by atoms with Crippen molar-refractivity contribution < 1.29 is 19.4 Å². The van der Waals surface area contributed by atoms with Crippen molar-refractivity contribution >= 4 is 28.2 Å². The van der Waals surface area contributed by atoms with Gasteiger partial charge in [0.1, 0.15) is 4.88 Å². The summed E-state index contributed by atoms with van der Waals surface area (Å²) in [5.74, 6) is -1.49. The predicted octanol–water partition coefficient (Wildman–Crippen LogP) is 1.88. The highest BCUT2D eigenvalue weighted by molar-refractivity contribution is 7.17. The molecule has 1 heterocycles. The zero-order chi connectivity index (χ0) is 13.7. The molecule has 1 aromatic rings. The van der Waals surface area contributed by atoms with Gasteiger partial charge in [-0.3, -0.25) is 4.79 Å². The van der Waals surface area contributed by atoms with Crippen LogP contribution >= 0.6 is 11.3 Å². The lowest BCUT2D eigenvalue weighted by atomic mass is 10.3. The van der Waals surface area contributed by atoms with Gasteiger partial charge in [0.05, 0.1) is 6.61 Å². The van der Waals surface area contributed by atoms with Crippen LogP contribution in [0.1, 0.15) is 40.9 Å². The minimum atomic E-state index is -1.19. The van der Waals surface area contributed by atoms with Crippen molar-refractivity contribution in [1.29, 1.82) is 0 Å². The monoisotopic (exact) mass is 272 g/mol. The molecule has 2 N–H and O–H groups in total. The van der Waals surface area contributed by atoms with Crippen molar-refractivity contribution in [1.82, 2.24) is 4.98 Å². The number of anilines is 1. The minimum Gasteiger partial charge on any atom is -0.476 e. The fraction of sp³-hybridized carbons (Fsp3) is 0.545. The highest BCUT2D eigenvalue weighted by atomic mass is 32.1. The van der Waals surface area contributed by atoms with E-state index in [0.717, 1.165) is 11.3 Å². The van der Waals surface area contributed by atoms with Gasteiger partial charge >= 0.3 is 5.97 Å². The number of hydrogen-bond acceptors (Lipinski definition) is 6. The summed E-state index contributed by atoms with van der Waals surface area (Å²) in [7, 11) is 0. The van der Waals surface area contributed by atoms with Gasteiger partial charge in [-0.1, -0.05) is 11.3 Å². The Kier molecular flexibility index (Phi) is 5.24.